The van der Waals surface area contributed by atoms with Crippen LogP contribution in [0.1, 0.15) is 5.56 Å². The van der Waals surface area contributed by atoms with Crippen LogP contribution in [0.15, 0.2) is 46.9 Å². The Hall–Kier alpha value is -0.590. The zero-order valence-electron chi connectivity index (χ0n) is 8.99. The molecule has 0 bridgehead atoms. The van der Waals surface area contributed by atoms with E-state index in [0.29, 0.717) is 6.54 Å². The third-order valence-corrected chi connectivity index (χ3v) is 3.69. The Kier molecular flexibility index (Phi) is 4.42. The molecule has 2 rings (SSSR count). The molecule has 17 heavy (non-hydrogen) atoms. The maximum absolute atomic E-state index is 5.76. The molecule has 0 heterocycles. The van der Waals surface area contributed by atoms with Gasteiger partial charge in [0.05, 0.1) is 0 Å². The van der Waals surface area contributed by atoms with E-state index in [4.69, 9.17) is 10.5 Å². The fraction of sp³-hybridized carbons (Fsp3) is 0.0769. The maximum atomic E-state index is 5.76. The number of hydrogen-bond acceptors (Lipinski definition) is 2. The second kappa shape index (κ2) is 5.84. The van der Waals surface area contributed by atoms with Crippen molar-refractivity contribution in [2.45, 2.75) is 6.54 Å². The SMILES string of the molecule is NCc1ccc(Oc2cccc(I)c2)cc1Br. The number of hydrogen-bond donors (Lipinski definition) is 1. The molecular weight excluding hydrogens is 393 g/mol. The summed E-state index contributed by atoms with van der Waals surface area (Å²) < 4.78 is 7.89. The minimum absolute atomic E-state index is 0.518. The van der Waals surface area contributed by atoms with Crippen molar-refractivity contribution in [1.29, 1.82) is 0 Å². The van der Waals surface area contributed by atoms with Crippen molar-refractivity contribution >= 4 is 38.5 Å². The van der Waals surface area contributed by atoms with Crippen LogP contribution in [0.4, 0.5) is 0 Å². The van der Waals surface area contributed by atoms with E-state index in [1.807, 2.05) is 42.5 Å². The van der Waals surface area contributed by atoms with Gasteiger partial charge in [-0.05, 0) is 58.5 Å². The first-order valence-corrected chi connectivity index (χ1v) is 6.98. The molecule has 0 aliphatic carbocycles. The molecule has 0 fully saturated rings. The highest BCUT2D eigenvalue weighted by Crippen LogP contribution is 2.27. The van der Waals surface area contributed by atoms with Crippen LogP contribution in [-0.2, 0) is 6.54 Å². The van der Waals surface area contributed by atoms with Crippen molar-refractivity contribution in [2.24, 2.45) is 5.73 Å². The predicted molar refractivity (Wildman–Crippen MR) is 81.3 cm³/mol. The summed E-state index contributed by atoms with van der Waals surface area (Å²) in [5.74, 6) is 1.64. The molecule has 4 heteroatoms. The third-order valence-electron chi connectivity index (χ3n) is 2.28. The summed E-state index contributed by atoms with van der Waals surface area (Å²) in [7, 11) is 0. The second-order valence-corrected chi connectivity index (χ2v) is 5.62. The van der Waals surface area contributed by atoms with Gasteiger partial charge in [-0.3, -0.25) is 0 Å². The van der Waals surface area contributed by atoms with Gasteiger partial charge in [0, 0.05) is 14.6 Å². The molecule has 0 radical (unpaired) electrons. The molecule has 0 saturated heterocycles. The van der Waals surface area contributed by atoms with E-state index in [-0.39, 0.29) is 0 Å². The van der Waals surface area contributed by atoms with Crippen LogP contribution in [0.25, 0.3) is 0 Å². The lowest BCUT2D eigenvalue weighted by molar-refractivity contribution is 0.481. The molecule has 2 N–H and O–H groups in total. The minimum Gasteiger partial charge on any atom is -0.457 e. The molecular formula is C13H11BrINO. The smallest absolute Gasteiger partial charge is 0.128 e. The van der Waals surface area contributed by atoms with Crippen molar-refractivity contribution in [3.63, 3.8) is 0 Å². The molecule has 88 valence electrons. The predicted octanol–water partition coefficient (Wildman–Crippen LogP) is 4.30. The first-order valence-electron chi connectivity index (χ1n) is 5.11. The summed E-state index contributed by atoms with van der Waals surface area (Å²) in [5.41, 5.74) is 6.67. The van der Waals surface area contributed by atoms with Gasteiger partial charge in [0.2, 0.25) is 0 Å². The van der Waals surface area contributed by atoms with Crippen molar-refractivity contribution in [1.82, 2.24) is 0 Å². The van der Waals surface area contributed by atoms with Gasteiger partial charge in [-0.2, -0.15) is 0 Å². The lowest BCUT2D eigenvalue weighted by atomic mass is 10.2. The summed E-state index contributed by atoms with van der Waals surface area (Å²) in [5, 5.41) is 0. The van der Waals surface area contributed by atoms with E-state index >= 15 is 0 Å². The van der Waals surface area contributed by atoms with E-state index in [0.717, 1.165) is 25.1 Å². The van der Waals surface area contributed by atoms with Crippen LogP contribution < -0.4 is 10.5 Å². The fourth-order valence-corrected chi connectivity index (χ4v) is 2.46. The number of nitrogens with two attached hydrogens (primary N) is 1. The molecule has 0 aliphatic heterocycles. The number of halogens is 2. The summed E-state index contributed by atoms with van der Waals surface area (Å²) in [4.78, 5) is 0. The van der Waals surface area contributed by atoms with Gasteiger partial charge in [0.15, 0.2) is 0 Å². The summed E-state index contributed by atoms with van der Waals surface area (Å²) >= 11 is 5.73. The molecule has 2 aromatic rings. The quantitative estimate of drug-likeness (QED) is 0.775. The van der Waals surface area contributed by atoms with Crippen molar-refractivity contribution < 1.29 is 4.74 Å². The van der Waals surface area contributed by atoms with Crippen molar-refractivity contribution in [3.05, 3.63) is 56.1 Å². The van der Waals surface area contributed by atoms with E-state index < -0.39 is 0 Å². The van der Waals surface area contributed by atoms with Crippen LogP contribution >= 0.6 is 38.5 Å². The topological polar surface area (TPSA) is 35.2 Å². The monoisotopic (exact) mass is 403 g/mol. The van der Waals surface area contributed by atoms with Crippen LogP contribution in [0, 0.1) is 3.57 Å². The highest BCUT2D eigenvalue weighted by atomic mass is 127. The average Bonchev–Trinajstić information content (AvgIpc) is 2.29. The van der Waals surface area contributed by atoms with Gasteiger partial charge >= 0.3 is 0 Å². The standard InChI is InChI=1S/C13H11BrINO/c14-13-7-12(5-4-9(13)8-16)17-11-3-1-2-10(15)6-11/h1-7H,8,16H2. The van der Waals surface area contributed by atoms with E-state index in [1.165, 1.54) is 0 Å². The van der Waals surface area contributed by atoms with Crippen LogP contribution in [-0.4, -0.2) is 0 Å². The van der Waals surface area contributed by atoms with Gasteiger partial charge < -0.3 is 10.5 Å². The molecule has 0 atom stereocenters. The Morgan fingerprint density at radius 3 is 2.53 bits per heavy atom. The lowest BCUT2D eigenvalue weighted by Gasteiger charge is -2.08. The number of ether oxygens (including phenoxy) is 1. The molecule has 0 amide bonds. The minimum atomic E-state index is 0.518. The van der Waals surface area contributed by atoms with E-state index in [9.17, 15) is 0 Å². The number of rotatable bonds is 3. The summed E-state index contributed by atoms with van der Waals surface area (Å²) in [6.45, 7) is 0.518. The van der Waals surface area contributed by atoms with Crippen molar-refractivity contribution in [3.8, 4) is 11.5 Å². The Labute approximate surface area is 122 Å². The lowest BCUT2D eigenvalue weighted by Crippen LogP contribution is -1.97. The first-order chi connectivity index (χ1) is 8.19. The van der Waals surface area contributed by atoms with Gasteiger partial charge in [-0.15, -0.1) is 0 Å². The molecule has 0 unspecified atom stereocenters. The summed E-state index contributed by atoms with van der Waals surface area (Å²) in [6, 6.07) is 13.8. The third kappa shape index (κ3) is 3.43. The highest BCUT2D eigenvalue weighted by molar-refractivity contribution is 14.1. The normalized spacial score (nSPS) is 10.3. The average molecular weight is 404 g/mol. The Morgan fingerprint density at radius 2 is 1.88 bits per heavy atom. The van der Waals surface area contributed by atoms with Crippen molar-refractivity contribution in [2.75, 3.05) is 0 Å². The van der Waals surface area contributed by atoms with Gasteiger partial charge in [-0.25, -0.2) is 0 Å². The van der Waals surface area contributed by atoms with Gasteiger partial charge in [0.1, 0.15) is 11.5 Å². The Bertz CT molecular complexity index is 531. The van der Waals surface area contributed by atoms with Crippen LogP contribution in [0.2, 0.25) is 0 Å². The molecule has 0 aromatic heterocycles. The zero-order chi connectivity index (χ0) is 12.3. The van der Waals surface area contributed by atoms with Crippen LogP contribution in [0.5, 0.6) is 11.5 Å². The zero-order valence-corrected chi connectivity index (χ0v) is 12.7. The maximum Gasteiger partial charge on any atom is 0.128 e. The largest absolute Gasteiger partial charge is 0.457 e. The van der Waals surface area contributed by atoms with Gasteiger partial charge in [-0.1, -0.05) is 28.1 Å². The Morgan fingerprint density at radius 1 is 1.12 bits per heavy atom. The molecule has 2 aromatic carbocycles. The fourth-order valence-electron chi connectivity index (χ4n) is 1.42. The Balaban J connectivity index is 2.22. The van der Waals surface area contributed by atoms with E-state index in [2.05, 4.69) is 38.5 Å². The molecule has 2 nitrogen and oxygen atoms in total. The first kappa shape index (κ1) is 12.9. The van der Waals surface area contributed by atoms with E-state index in [1.54, 1.807) is 0 Å². The van der Waals surface area contributed by atoms with Gasteiger partial charge in [0.25, 0.3) is 0 Å². The molecule has 0 saturated carbocycles. The van der Waals surface area contributed by atoms with Crippen LogP contribution in [0.3, 0.4) is 0 Å². The molecule has 0 spiro atoms. The summed E-state index contributed by atoms with van der Waals surface area (Å²) in [6.07, 6.45) is 0. The highest BCUT2D eigenvalue weighted by Gasteiger charge is 2.02. The molecule has 0 aliphatic rings. The number of benzene rings is 2. The second-order valence-electron chi connectivity index (χ2n) is 3.52.